The van der Waals surface area contributed by atoms with Crippen LogP contribution in [-0.4, -0.2) is 40.5 Å². The molecule has 0 saturated carbocycles. The monoisotopic (exact) mass is 335 g/mol. The van der Waals surface area contributed by atoms with Gasteiger partial charge in [0, 0.05) is 51.3 Å². The summed E-state index contributed by atoms with van der Waals surface area (Å²) in [7, 11) is 4.04. The van der Waals surface area contributed by atoms with Crippen molar-refractivity contribution in [3.8, 4) is 11.5 Å². The molecule has 6 heteroatoms. The van der Waals surface area contributed by atoms with Crippen LogP contribution in [0.5, 0.6) is 0 Å². The number of rotatable bonds is 4. The Bertz CT molecular complexity index is 859. The topological polar surface area (TPSA) is 58.3 Å². The fourth-order valence-corrected chi connectivity index (χ4v) is 3.22. The van der Waals surface area contributed by atoms with Crippen molar-refractivity contribution < 1.29 is 4.42 Å². The molecule has 2 aromatic heterocycles. The predicted molar refractivity (Wildman–Crippen MR) is 96.1 cm³/mol. The molecule has 6 nitrogen and oxygen atoms in total. The van der Waals surface area contributed by atoms with Gasteiger partial charge >= 0.3 is 0 Å². The zero-order chi connectivity index (χ0) is 17.2. The van der Waals surface area contributed by atoms with Crippen molar-refractivity contribution in [2.45, 2.75) is 19.5 Å². The van der Waals surface area contributed by atoms with Crippen LogP contribution in [-0.2, 0) is 19.5 Å². The lowest BCUT2D eigenvalue weighted by atomic mass is 10.1. The lowest BCUT2D eigenvalue weighted by Gasteiger charge is -2.29. The lowest BCUT2D eigenvalue weighted by Crippen LogP contribution is -2.32. The molecule has 0 saturated heterocycles. The lowest BCUT2D eigenvalue weighted by molar-refractivity contribution is 0.240. The van der Waals surface area contributed by atoms with E-state index < -0.39 is 0 Å². The molecule has 3 aromatic rings. The number of fused-ring (bicyclic) bond motifs is 1. The SMILES string of the molecule is CN(C)c1ncnc2c1CN(Cc1coc(-c3ccccc3)n1)CC2. The van der Waals surface area contributed by atoms with Crippen LogP contribution in [0, 0.1) is 0 Å². The van der Waals surface area contributed by atoms with Crippen molar-refractivity contribution in [2.75, 3.05) is 25.5 Å². The van der Waals surface area contributed by atoms with Crippen molar-refractivity contribution in [2.24, 2.45) is 0 Å². The molecule has 25 heavy (non-hydrogen) atoms. The summed E-state index contributed by atoms with van der Waals surface area (Å²) < 4.78 is 5.65. The minimum Gasteiger partial charge on any atom is -0.444 e. The van der Waals surface area contributed by atoms with E-state index in [0.717, 1.165) is 48.8 Å². The molecule has 0 fully saturated rings. The van der Waals surface area contributed by atoms with Gasteiger partial charge in [-0.2, -0.15) is 0 Å². The second-order valence-electron chi connectivity index (χ2n) is 6.49. The third-order valence-corrected chi connectivity index (χ3v) is 4.44. The third kappa shape index (κ3) is 3.25. The quantitative estimate of drug-likeness (QED) is 0.731. The van der Waals surface area contributed by atoms with Gasteiger partial charge in [0.1, 0.15) is 18.4 Å². The maximum atomic E-state index is 5.65. The molecule has 4 rings (SSSR count). The van der Waals surface area contributed by atoms with E-state index in [0.29, 0.717) is 5.89 Å². The van der Waals surface area contributed by atoms with Crippen molar-refractivity contribution in [1.82, 2.24) is 19.9 Å². The van der Waals surface area contributed by atoms with E-state index >= 15 is 0 Å². The predicted octanol–water partition coefficient (Wildman–Crippen LogP) is 2.76. The molecule has 1 aliphatic rings. The largest absolute Gasteiger partial charge is 0.444 e. The third-order valence-electron chi connectivity index (χ3n) is 4.44. The Labute approximate surface area is 147 Å². The summed E-state index contributed by atoms with van der Waals surface area (Å²) in [5.41, 5.74) is 4.32. The summed E-state index contributed by atoms with van der Waals surface area (Å²) in [4.78, 5) is 17.9. The van der Waals surface area contributed by atoms with Gasteiger partial charge < -0.3 is 9.32 Å². The van der Waals surface area contributed by atoms with Crippen LogP contribution in [0.2, 0.25) is 0 Å². The highest BCUT2D eigenvalue weighted by Gasteiger charge is 2.22. The van der Waals surface area contributed by atoms with E-state index in [9.17, 15) is 0 Å². The van der Waals surface area contributed by atoms with E-state index in [-0.39, 0.29) is 0 Å². The minimum atomic E-state index is 0.672. The average Bonchev–Trinajstić information content (AvgIpc) is 3.10. The molecule has 0 N–H and O–H groups in total. The van der Waals surface area contributed by atoms with Crippen LogP contribution in [0.25, 0.3) is 11.5 Å². The van der Waals surface area contributed by atoms with Gasteiger partial charge in [0.25, 0.3) is 0 Å². The zero-order valence-electron chi connectivity index (χ0n) is 14.5. The maximum absolute atomic E-state index is 5.65. The van der Waals surface area contributed by atoms with Crippen LogP contribution < -0.4 is 4.90 Å². The van der Waals surface area contributed by atoms with Gasteiger partial charge in [0.05, 0.1) is 11.4 Å². The molecule has 1 aromatic carbocycles. The summed E-state index contributed by atoms with van der Waals surface area (Å²) in [6.45, 7) is 2.55. The van der Waals surface area contributed by atoms with Crippen molar-refractivity contribution in [3.05, 3.63) is 59.9 Å². The Morgan fingerprint density at radius 1 is 1.16 bits per heavy atom. The van der Waals surface area contributed by atoms with Crippen molar-refractivity contribution in [3.63, 3.8) is 0 Å². The smallest absolute Gasteiger partial charge is 0.226 e. The summed E-state index contributed by atoms with van der Waals surface area (Å²) >= 11 is 0. The molecule has 1 aliphatic heterocycles. The number of hydrogen-bond acceptors (Lipinski definition) is 6. The molecule has 0 unspecified atom stereocenters. The second-order valence-corrected chi connectivity index (χ2v) is 6.49. The highest BCUT2D eigenvalue weighted by molar-refractivity contribution is 5.52. The van der Waals surface area contributed by atoms with E-state index in [1.54, 1.807) is 12.6 Å². The summed E-state index contributed by atoms with van der Waals surface area (Å²) in [5, 5.41) is 0. The summed E-state index contributed by atoms with van der Waals surface area (Å²) in [6.07, 6.45) is 4.35. The fourth-order valence-electron chi connectivity index (χ4n) is 3.22. The Balaban J connectivity index is 1.51. The number of nitrogens with zero attached hydrogens (tertiary/aromatic N) is 5. The number of benzene rings is 1. The highest BCUT2D eigenvalue weighted by Crippen LogP contribution is 2.26. The average molecular weight is 335 g/mol. The zero-order valence-corrected chi connectivity index (χ0v) is 14.5. The van der Waals surface area contributed by atoms with Crippen LogP contribution in [0.4, 0.5) is 5.82 Å². The molecule has 0 radical (unpaired) electrons. The van der Waals surface area contributed by atoms with Gasteiger partial charge in [-0.05, 0) is 12.1 Å². The normalized spacial score (nSPS) is 14.3. The molecule has 0 bridgehead atoms. The van der Waals surface area contributed by atoms with Gasteiger partial charge in [-0.1, -0.05) is 18.2 Å². The fraction of sp³-hybridized carbons (Fsp3) is 0.316. The molecule has 0 spiro atoms. The van der Waals surface area contributed by atoms with E-state index in [1.165, 1.54) is 5.56 Å². The summed E-state index contributed by atoms with van der Waals surface area (Å²) in [5.74, 6) is 1.67. The van der Waals surface area contributed by atoms with Crippen LogP contribution in [0.3, 0.4) is 0 Å². The van der Waals surface area contributed by atoms with Crippen molar-refractivity contribution >= 4 is 5.82 Å². The molecule has 0 amide bonds. The number of hydrogen-bond donors (Lipinski definition) is 0. The summed E-state index contributed by atoms with van der Waals surface area (Å²) in [6, 6.07) is 9.98. The molecule has 0 atom stereocenters. The van der Waals surface area contributed by atoms with Crippen LogP contribution >= 0.6 is 0 Å². The van der Waals surface area contributed by atoms with Crippen molar-refractivity contribution in [1.29, 1.82) is 0 Å². The molecular formula is C19H21N5O. The molecule has 0 aliphatic carbocycles. The number of anilines is 1. The molecule has 3 heterocycles. The highest BCUT2D eigenvalue weighted by atomic mass is 16.3. The Morgan fingerprint density at radius 3 is 2.80 bits per heavy atom. The molecule has 128 valence electrons. The minimum absolute atomic E-state index is 0.672. The van der Waals surface area contributed by atoms with E-state index in [1.807, 2.05) is 49.3 Å². The number of aromatic nitrogens is 3. The second kappa shape index (κ2) is 6.64. The van der Waals surface area contributed by atoms with Gasteiger partial charge in [-0.3, -0.25) is 4.90 Å². The van der Waals surface area contributed by atoms with Crippen LogP contribution in [0.1, 0.15) is 17.0 Å². The van der Waals surface area contributed by atoms with Gasteiger partial charge in [0.2, 0.25) is 5.89 Å². The Hall–Kier alpha value is -2.73. The standard InChI is InChI=1S/C19H21N5O/c1-23(2)18-16-11-24(9-8-17(16)20-13-21-18)10-15-12-25-19(22-15)14-6-4-3-5-7-14/h3-7,12-13H,8-11H2,1-2H3. The van der Waals surface area contributed by atoms with Gasteiger partial charge in [0.15, 0.2) is 0 Å². The van der Waals surface area contributed by atoms with Gasteiger partial charge in [-0.25, -0.2) is 15.0 Å². The first-order chi connectivity index (χ1) is 12.2. The molecular weight excluding hydrogens is 314 g/mol. The van der Waals surface area contributed by atoms with Gasteiger partial charge in [-0.15, -0.1) is 0 Å². The first kappa shape index (κ1) is 15.8. The Morgan fingerprint density at radius 2 is 2.00 bits per heavy atom. The van der Waals surface area contributed by atoms with E-state index in [2.05, 4.69) is 19.9 Å². The first-order valence-electron chi connectivity index (χ1n) is 8.43. The van der Waals surface area contributed by atoms with E-state index in [4.69, 9.17) is 4.42 Å². The first-order valence-corrected chi connectivity index (χ1v) is 8.43. The number of oxazole rings is 1. The Kier molecular flexibility index (Phi) is 4.19. The maximum Gasteiger partial charge on any atom is 0.226 e. The van der Waals surface area contributed by atoms with Crippen LogP contribution in [0.15, 0.2) is 47.3 Å².